The first-order chi connectivity index (χ1) is 12.5. The van der Waals surface area contributed by atoms with E-state index in [1.165, 1.54) is 25.3 Å². The summed E-state index contributed by atoms with van der Waals surface area (Å²) in [6.45, 7) is -0.951. The minimum atomic E-state index is -0.796. The van der Waals surface area contributed by atoms with E-state index < -0.39 is 36.8 Å². The van der Waals surface area contributed by atoms with Crippen molar-refractivity contribution in [1.29, 1.82) is 0 Å². The van der Waals surface area contributed by atoms with Gasteiger partial charge in [0.05, 0.1) is 7.11 Å². The number of hydrogen-bond acceptors (Lipinski definition) is 5. The van der Waals surface area contributed by atoms with E-state index in [-0.39, 0.29) is 5.56 Å². The topological polar surface area (TPSA) is 93.7 Å². The molecule has 2 aromatic carbocycles. The van der Waals surface area contributed by atoms with Crippen LogP contribution in [0.2, 0.25) is 0 Å². The van der Waals surface area contributed by atoms with Crippen molar-refractivity contribution in [1.82, 2.24) is 5.32 Å². The van der Waals surface area contributed by atoms with Crippen LogP contribution < -0.4 is 15.4 Å². The summed E-state index contributed by atoms with van der Waals surface area (Å²) in [5, 5.41) is 4.83. The molecule has 0 saturated heterocycles. The molecule has 26 heavy (non-hydrogen) atoms. The molecule has 0 atom stereocenters. The Morgan fingerprint density at radius 2 is 1.85 bits per heavy atom. The largest absolute Gasteiger partial charge is 0.497 e. The van der Waals surface area contributed by atoms with E-state index in [4.69, 9.17) is 9.47 Å². The number of anilines is 1. The maximum absolute atomic E-state index is 13.0. The normalized spacial score (nSPS) is 9.92. The van der Waals surface area contributed by atoms with Crippen LogP contribution in [0, 0.1) is 5.82 Å². The van der Waals surface area contributed by atoms with Gasteiger partial charge < -0.3 is 20.1 Å². The van der Waals surface area contributed by atoms with Crippen molar-refractivity contribution in [2.24, 2.45) is 0 Å². The molecule has 0 bridgehead atoms. The third kappa shape index (κ3) is 5.90. The maximum Gasteiger partial charge on any atom is 0.325 e. The number of benzene rings is 2. The number of ether oxygens (including phenoxy) is 2. The van der Waals surface area contributed by atoms with Crippen molar-refractivity contribution >= 4 is 23.5 Å². The van der Waals surface area contributed by atoms with E-state index in [2.05, 4.69) is 10.6 Å². The smallest absolute Gasteiger partial charge is 0.325 e. The van der Waals surface area contributed by atoms with Crippen LogP contribution in [0.4, 0.5) is 10.1 Å². The predicted octanol–water partition coefficient (Wildman–Crippen LogP) is 1.75. The van der Waals surface area contributed by atoms with E-state index in [0.717, 1.165) is 6.07 Å². The van der Waals surface area contributed by atoms with Crippen LogP contribution in [0.3, 0.4) is 0 Å². The first-order valence-electron chi connectivity index (χ1n) is 7.61. The van der Waals surface area contributed by atoms with Gasteiger partial charge in [-0.3, -0.25) is 14.4 Å². The van der Waals surface area contributed by atoms with Crippen molar-refractivity contribution in [3.8, 4) is 5.75 Å². The molecule has 0 aliphatic rings. The minimum absolute atomic E-state index is 0.0774. The molecule has 0 unspecified atom stereocenters. The highest BCUT2D eigenvalue weighted by Gasteiger charge is 2.11. The predicted molar refractivity (Wildman–Crippen MR) is 91.3 cm³/mol. The van der Waals surface area contributed by atoms with E-state index in [1.807, 2.05) is 0 Å². The number of hydrogen-bond donors (Lipinski definition) is 2. The molecular formula is C18H17FN2O5. The van der Waals surface area contributed by atoms with Crippen molar-refractivity contribution in [2.75, 3.05) is 25.6 Å². The van der Waals surface area contributed by atoms with Gasteiger partial charge in [0.25, 0.3) is 11.8 Å². The lowest BCUT2D eigenvalue weighted by Crippen LogP contribution is -2.32. The molecule has 2 N–H and O–H groups in total. The zero-order valence-electron chi connectivity index (χ0n) is 14.0. The van der Waals surface area contributed by atoms with Crippen molar-refractivity contribution in [3.63, 3.8) is 0 Å². The van der Waals surface area contributed by atoms with Crippen molar-refractivity contribution in [3.05, 3.63) is 59.9 Å². The number of carbonyl (C=O) groups excluding carboxylic acids is 3. The van der Waals surface area contributed by atoms with Crippen LogP contribution in [-0.2, 0) is 14.3 Å². The number of methoxy groups -OCH3 is 1. The van der Waals surface area contributed by atoms with Crippen LogP contribution in [0.1, 0.15) is 10.4 Å². The summed E-state index contributed by atoms with van der Waals surface area (Å²) in [7, 11) is 1.50. The molecule has 0 spiro atoms. The Kier molecular flexibility index (Phi) is 6.67. The highest BCUT2D eigenvalue weighted by molar-refractivity contribution is 5.96. The fourth-order valence-electron chi connectivity index (χ4n) is 1.98. The standard InChI is InChI=1S/C18H17FN2O5/c1-25-15-7-3-6-14(9-15)21-16(22)11-26-17(23)10-20-18(24)12-4-2-5-13(19)8-12/h2-9H,10-11H2,1H3,(H,20,24)(H,21,22). The van der Waals surface area contributed by atoms with Crippen molar-refractivity contribution in [2.45, 2.75) is 0 Å². The van der Waals surface area contributed by atoms with Crippen LogP contribution in [0.5, 0.6) is 5.75 Å². The highest BCUT2D eigenvalue weighted by Crippen LogP contribution is 2.16. The van der Waals surface area contributed by atoms with Crippen LogP contribution in [-0.4, -0.2) is 38.0 Å². The number of carbonyl (C=O) groups is 3. The molecular weight excluding hydrogens is 343 g/mol. The van der Waals surface area contributed by atoms with Crippen LogP contribution >= 0.6 is 0 Å². The van der Waals surface area contributed by atoms with Gasteiger partial charge in [-0.2, -0.15) is 0 Å². The zero-order valence-corrected chi connectivity index (χ0v) is 14.0. The summed E-state index contributed by atoms with van der Waals surface area (Å²) in [6, 6.07) is 11.7. The lowest BCUT2D eigenvalue weighted by Gasteiger charge is -2.08. The summed E-state index contributed by atoms with van der Waals surface area (Å²) in [5.74, 6) is -1.95. The first kappa shape index (κ1) is 18.9. The van der Waals surface area contributed by atoms with Gasteiger partial charge in [-0.05, 0) is 30.3 Å². The van der Waals surface area contributed by atoms with Gasteiger partial charge in [-0.1, -0.05) is 12.1 Å². The Hall–Kier alpha value is -3.42. The van der Waals surface area contributed by atoms with Crippen LogP contribution in [0.25, 0.3) is 0 Å². The number of rotatable bonds is 7. The number of halogens is 1. The number of nitrogens with one attached hydrogen (secondary N) is 2. The number of amides is 2. The summed E-state index contributed by atoms with van der Waals surface area (Å²) in [5.41, 5.74) is 0.568. The fraction of sp³-hybridized carbons (Fsp3) is 0.167. The van der Waals surface area contributed by atoms with Gasteiger partial charge in [0.2, 0.25) is 0 Å². The third-order valence-corrected chi connectivity index (χ3v) is 3.20. The monoisotopic (exact) mass is 360 g/mol. The molecule has 2 amide bonds. The SMILES string of the molecule is COc1cccc(NC(=O)COC(=O)CNC(=O)c2cccc(F)c2)c1. The fourth-order valence-corrected chi connectivity index (χ4v) is 1.98. The van der Waals surface area contributed by atoms with Crippen LogP contribution in [0.15, 0.2) is 48.5 Å². The van der Waals surface area contributed by atoms with Gasteiger partial charge in [-0.25, -0.2) is 4.39 Å². The Morgan fingerprint density at radius 3 is 2.58 bits per heavy atom. The minimum Gasteiger partial charge on any atom is -0.497 e. The average molecular weight is 360 g/mol. The summed E-state index contributed by atoms with van der Waals surface area (Å²) in [6.07, 6.45) is 0. The average Bonchev–Trinajstić information content (AvgIpc) is 2.64. The maximum atomic E-state index is 13.0. The zero-order chi connectivity index (χ0) is 18.9. The van der Waals surface area contributed by atoms with Gasteiger partial charge in [-0.15, -0.1) is 0 Å². The molecule has 2 rings (SSSR count). The molecule has 0 aliphatic carbocycles. The second kappa shape index (κ2) is 9.16. The Balaban J connectivity index is 1.74. The molecule has 0 aliphatic heterocycles. The molecule has 7 nitrogen and oxygen atoms in total. The van der Waals surface area contributed by atoms with Gasteiger partial charge in [0, 0.05) is 17.3 Å². The summed E-state index contributed by atoms with van der Waals surface area (Å²) < 4.78 is 22.8. The van der Waals surface area contributed by atoms with E-state index in [9.17, 15) is 18.8 Å². The van der Waals surface area contributed by atoms with Gasteiger partial charge in [0.1, 0.15) is 18.1 Å². The molecule has 0 fully saturated rings. The summed E-state index contributed by atoms with van der Waals surface area (Å²) >= 11 is 0. The molecule has 136 valence electrons. The molecule has 8 heteroatoms. The lowest BCUT2D eigenvalue weighted by molar-refractivity contribution is -0.146. The van der Waals surface area contributed by atoms with Gasteiger partial charge in [0.15, 0.2) is 6.61 Å². The van der Waals surface area contributed by atoms with E-state index in [1.54, 1.807) is 24.3 Å². The number of esters is 1. The first-order valence-corrected chi connectivity index (χ1v) is 7.61. The molecule has 2 aromatic rings. The Morgan fingerprint density at radius 1 is 1.08 bits per heavy atom. The lowest BCUT2D eigenvalue weighted by atomic mass is 10.2. The molecule has 0 aromatic heterocycles. The molecule has 0 saturated carbocycles. The van der Waals surface area contributed by atoms with Gasteiger partial charge >= 0.3 is 5.97 Å². The Labute approximate surface area is 149 Å². The molecule has 0 heterocycles. The highest BCUT2D eigenvalue weighted by atomic mass is 19.1. The molecule has 0 radical (unpaired) electrons. The second-order valence-corrected chi connectivity index (χ2v) is 5.13. The third-order valence-electron chi connectivity index (χ3n) is 3.20. The Bertz CT molecular complexity index is 810. The van der Waals surface area contributed by atoms with E-state index in [0.29, 0.717) is 11.4 Å². The van der Waals surface area contributed by atoms with Crippen molar-refractivity contribution < 1.29 is 28.2 Å². The van der Waals surface area contributed by atoms with E-state index >= 15 is 0 Å². The second-order valence-electron chi connectivity index (χ2n) is 5.13. The quantitative estimate of drug-likeness (QED) is 0.734. The summed E-state index contributed by atoms with van der Waals surface area (Å²) in [4.78, 5) is 35.1.